The van der Waals surface area contributed by atoms with Gasteiger partial charge < -0.3 is 25.8 Å². The summed E-state index contributed by atoms with van der Waals surface area (Å²) in [6.45, 7) is 1.51. The zero-order chi connectivity index (χ0) is 22.7. The highest BCUT2D eigenvalue weighted by Crippen LogP contribution is 2.30. The number of nitrogens with zero attached hydrogens (tertiary/aromatic N) is 1. The normalized spacial score (nSPS) is 11.9. The van der Waals surface area contributed by atoms with Gasteiger partial charge in [0.1, 0.15) is 17.1 Å². The first-order chi connectivity index (χ1) is 15.5. The van der Waals surface area contributed by atoms with Crippen LogP contribution < -0.4 is 21.1 Å². The molecular formula is C23H23Cl2N5O4. The van der Waals surface area contributed by atoms with Crippen LogP contribution in [-0.4, -0.2) is 43.9 Å². The maximum absolute atomic E-state index is 12.7. The van der Waals surface area contributed by atoms with Crippen molar-refractivity contribution in [3.05, 3.63) is 71.3 Å². The van der Waals surface area contributed by atoms with Crippen molar-refractivity contribution in [2.75, 3.05) is 25.5 Å². The first kappa shape index (κ1) is 26.4. The molecule has 3 aromatic rings. The molecule has 0 fully saturated rings. The van der Waals surface area contributed by atoms with Gasteiger partial charge in [-0.1, -0.05) is 18.2 Å². The highest BCUT2D eigenvalue weighted by Gasteiger charge is 2.21. The van der Waals surface area contributed by atoms with Gasteiger partial charge in [0.2, 0.25) is 0 Å². The average molecular weight is 504 g/mol. The van der Waals surface area contributed by atoms with E-state index in [1.807, 2.05) is 0 Å². The number of aliphatic imine (C=N–C) groups is 1. The molecule has 0 unspecified atom stereocenters. The molecule has 0 bridgehead atoms. The third kappa shape index (κ3) is 5.56. The minimum Gasteiger partial charge on any atom is -0.465 e. The number of ether oxygens (including phenoxy) is 2. The van der Waals surface area contributed by atoms with Crippen LogP contribution >= 0.6 is 24.8 Å². The highest BCUT2D eigenvalue weighted by atomic mass is 35.5. The molecule has 4 rings (SSSR count). The lowest BCUT2D eigenvalue weighted by atomic mass is 10.0. The second kappa shape index (κ2) is 11.4. The van der Waals surface area contributed by atoms with Gasteiger partial charge in [-0.15, -0.1) is 24.8 Å². The smallest absolute Gasteiger partial charge is 0.343 e. The fraction of sp³-hybridized carbons (Fsp3) is 0.130. The Balaban J connectivity index is 0.00000204. The second-order valence-electron chi connectivity index (χ2n) is 7.03. The van der Waals surface area contributed by atoms with E-state index < -0.39 is 11.9 Å². The molecule has 9 nitrogen and oxygen atoms in total. The van der Waals surface area contributed by atoms with E-state index in [2.05, 4.69) is 15.6 Å². The van der Waals surface area contributed by atoms with Crippen LogP contribution in [0.15, 0.2) is 59.6 Å². The van der Waals surface area contributed by atoms with Crippen LogP contribution in [0.4, 0.5) is 5.69 Å². The number of anilines is 1. The third-order valence-corrected chi connectivity index (χ3v) is 4.94. The van der Waals surface area contributed by atoms with Gasteiger partial charge in [0.25, 0.3) is 0 Å². The van der Waals surface area contributed by atoms with Crippen molar-refractivity contribution in [1.29, 1.82) is 5.41 Å². The number of carbonyl (C=O) groups excluding carboxylic acids is 2. The Hall–Kier alpha value is -3.82. The molecule has 1 aliphatic rings. The number of hydrogen-bond acceptors (Lipinski definition) is 8. The summed E-state index contributed by atoms with van der Waals surface area (Å²) in [7, 11) is 1.26. The molecule has 34 heavy (non-hydrogen) atoms. The van der Waals surface area contributed by atoms with E-state index in [4.69, 9.17) is 20.6 Å². The summed E-state index contributed by atoms with van der Waals surface area (Å²) in [4.78, 5) is 29.5. The maximum atomic E-state index is 12.7. The minimum atomic E-state index is -0.640. The van der Waals surface area contributed by atoms with Crippen LogP contribution in [-0.2, 0) is 4.74 Å². The Kier molecular flexibility index (Phi) is 8.83. The summed E-state index contributed by atoms with van der Waals surface area (Å²) in [6, 6.07) is 14.9. The van der Waals surface area contributed by atoms with E-state index in [0.717, 1.165) is 18.8 Å². The van der Waals surface area contributed by atoms with Crippen LogP contribution in [0.2, 0.25) is 0 Å². The molecule has 0 spiro atoms. The number of halogens is 2. The first-order valence-electron chi connectivity index (χ1n) is 9.83. The van der Waals surface area contributed by atoms with E-state index in [-0.39, 0.29) is 42.0 Å². The van der Waals surface area contributed by atoms with Crippen molar-refractivity contribution in [1.82, 2.24) is 5.32 Å². The molecule has 3 aromatic carbocycles. The fourth-order valence-electron chi connectivity index (χ4n) is 3.34. The van der Waals surface area contributed by atoms with Crippen LogP contribution in [0.5, 0.6) is 5.75 Å². The van der Waals surface area contributed by atoms with Crippen LogP contribution in [0.1, 0.15) is 26.3 Å². The topological polar surface area (TPSA) is 139 Å². The molecule has 0 saturated carbocycles. The number of benzene rings is 3. The average Bonchev–Trinajstić information content (AvgIpc) is 3.31. The minimum absolute atomic E-state index is 0. The molecule has 5 N–H and O–H groups in total. The van der Waals surface area contributed by atoms with Crippen molar-refractivity contribution < 1.29 is 19.1 Å². The first-order valence-corrected chi connectivity index (χ1v) is 9.83. The quantitative estimate of drug-likeness (QED) is 0.181. The van der Waals surface area contributed by atoms with Gasteiger partial charge >= 0.3 is 11.9 Å². The zero-order valence-corrected chi connectivity index (χ0v) is 19.7. The van der Waals surface area contributed by atoms with Crippen molar-refractivity contribution in [2.45, 2.75) is 0 Å². The number of rotatable bonds is 5. The second-order valence-corrected chi connectivity index (χ2v) is 7.03. The Morgan fingerprint density at radius 1 is 1.03 bits per heavy atom. The lowest BCUT2D eigenvalue weighted by Gasteiger charge is -2.13. The molecule has 0 atom stereocenters. The lowest BCUT2D eigenvalue weighted by molar-refractivity contribution is 0.0595. The number of esters is 2. The third-order valence-electron chi connectivity index (χ3n) is 4.94. The van der Waals surface area contributed by atoms with Gasteiger partial charge in [-0.3, -0.25) is 10.4 Å². The van der Waals surface area contributed by atoms with Crippen molar-refractivity contribution in [3.8, 4) is 5.75 Å². The lowest BCUT2D eigenvalue weighted by Crippen LogP contribution is -2.26. The van der Waals surface area contributed by atoms with Gasteiger partial charge in [-0.05, 0) is 41.8 Å². The molecule has 0 radical (unpaired) electrons. The van der Waals surface area contributed by atoms with E-state index >= 15 is 0 Å². The molecular weight excluding hydrogens is 481 g/mol. The Morgan fingerprint density at radius 3 is 2.35 bits per heavy atom. The number of carbonyl (C=O) groups is 2. The van der Waals surface area contributed by atoms with E-state index in [1.165, 1.54) is 13.2 Å². The summed E-state index contributed by atoms with van der Waals surface area (Å²) in [6.07, 6.45) is 0. The number of amidine groups is 1. The molecule has 0 aromatic heterocycles. The number of methoxy groups -OCH3 is 1. The van der Waals surface area contributed by atoms with E-state index in [0.29, 0.717) is 27.9 Å². The monoisotopic (exact) mass is 503 g/mol. The fourth-order valence-corrected chi connectivity index (χ4v) is 3.34. The number of nitrogens with two attached hydrogens (primary N) is 1. The SMILES string of the molecule is COC(=O)c1c(OC(=O)c2ccc(NC3=NCCN3)cc2)ccc2cc(C(=N)N)ccc12.Cl.Cl. The molecule has 0 amide bonds. The number of hydrogen-bond donors (Lipinski definition) is 4. The molecule has 11 heteroatoms. The van der Waals surface area contributed by atoms with Crippen molar-refractivity contribution >= 4 is 65.0 Å². The number of nitrogens with one attached hydrogen (secondary N) is 3. The van der Waals surface area contributed by atoms with Gasteiger partial charge in [0.05, 0.1) is 19.2 Å². The Morgan fingerprint density at radius 2 is 1.74 bits per heavy atom. The number of guanidine groups is 1. The molecule has 178 valence electrons. The Bertz CT molecular complexity index is 1260. The van der Waals surface area contributed by atoms with Crippen LogP contribution in [0, 0.1) is 5.41 Å². The van der Waals surface area contributed by atoms with Crippen LogP contribution in [0.25, 0.3) is 10.8 Å². The largest absolute Gasteiger partial charge is 0.465 e. The Labute approximate surface area is 208 Å². The highest BCUT2D eigenvalue weighted by molar-refractivity contribution is 6.09. The molecule has 1 aliphatic heterocycles. The molecule has 0 aliphatic carbocycles. The van der Waals surface area contributed by atoms with Crippen molar-refractivity contribution in [3.63, 3.8) is 0 Å². The standard InChI is InChI=1S/C23H21N5O4.2ClH/c1-31-22(30)19-17-8-4-15(20(24)25)12-14(17)5-9-18(19)32-21(29)13-2-6-16(7-3-13)28-23-26-10-11-27-23;;/h2-9,12H,10-11H2,1H3,(H3,24,25)(H2,26,27,28);2*1H. The summed E-state index contributed by atoms with van der Waals surface area (Å²) in [5.74, 6) is -0.573. The summed E-state index contributed by atoms with van der Waals surface area (Å²) in [5, 5.41) is 15.0. The van der Waals surface area contributed by atoms with Gasteiger partial charge in [0.15, 0.2) is 5.96 Å². The van der Waals surface area contributed by atoms with E-state index in [1.54, 1.807) is 48.5 Å². The number of nitrogen functional groups attached to an aromatic ring is 1. The maximum Gasteiger partial charge on any atom is 0.343 e. The zero-order valence-electron chi connectivity index (χ0n) is 18.1. The summed E-state index contributed by atoms with van der Waals surface area (Å²) in [5.41, 5.74) is 7.29. The summed E-state index contributed by atoms with van der Waals surface area (Å²) >= 11 is 0. The predicted octanol–water partition coefficient (Wildman–Crippen LogP) is 3.34. The van der Waals surface area contributed by atoms with Gasteiger partial charge in [0, 0.05) is 23.2 Å². The van der Waals surface area contributed by atoms with Gasteiger partial charge in [-0.25, -0.2) is 9.59 Å². The predicted molar refractivity (Wildman–Crippen MR) is 136 cm³/mol. The van der Waals surface area contributed by atoms with Crippen molar-refractivity contribution in [2.24, 2.45) is 10.7 Å². The molecule has 0 saturated heterocycles. The summed E-state index contributed by atoms with van der Waals surface area (Å²) < 4.78 is 10.5. The van der Waals surface area contributed by atoms with Crippen LogP contribution in [0.3, 0.4) is 0 Å². The molecule has 1 heterocycles. The van der Waals surface area contributed by atoms with E-state index in [9.17, 15) is 9.59 Å². The number of fused-ring (bicyclic) bond motifs is 1. The van der Waals surface area contributed by atoms with Gasteiger partial charge in [-0.2, -0.15) is 0 Å².